The topological polar surface area (TPSA) is 91.5 Å². The molecule has 1 aliphatic heterocycles. The number of carbonyl (C=O) groups is 2. The second kappa shape index (κ2) is 11.5. The third-order valence-electron chi connectivity index (χ3n) is 5.13. The van der Waals surface area contributed by atoms with E-state index in [1.165, 1.54) is 19.3 Å². The number of hydrogen-bond donors (Lipinski definition) is 4. The Bertz CT molecular complexity index is 405. The van der Waals surface area contributed by atoms with Gasteiger partial charge >= 0.3 is 6.03 Å². The van der Waals surface area contributed by atoms with Crippen LogP contribution in [0.15, 0.2) is 0 Å². The summed E-state index contributed by atoms with van der Waals surface area (Å²) in [5.74, 6) is -0.150. The van der Waals surface area contributed by atoms with Crippen LogP contribution in [0.25, 0.3) is 0 Å². The van der Waals surface area contributed by atoms with E-state index in [2.05, 4.69) is 21.3 Å². The molecule has 8 heteroatoms. The molecule has 3 amide bonds. The van der Waals surface area contributed by atoms with Crippen LogP contribution in [0.4, 0.5) is 4.79 Å². The van der Waals surface area contributed by atoms with Crippen molar-refractivity contribution in [2.45, 2.75) is 51.0 Å². The van der Waals surface area contributed by atoms with Gasteiger partial charge in [0, 0.05) is 25.1 Å². The van der Waals surface area contributed by atoms with Crippen molar-refractivity contribution in [2.24, 2.45) is 5.41 Å². The lowest BCUT2D eigenvalue weighted by Crippen LogP contribution is -2.50. The van der Waals surface area contributed by atoms with E-state index < -0.39 is 0 Å². The molecule has 2 aliphatic rings. The van der Waals surface area contributed by atoms with Gasteiger partial charge in [-0.3, -0.25) is 4.79 Å². The van der Waals surface area contributed by atoms with Gasteiger partial charge in [0.1, 0.15) is 0 Å². The van der Waals surface area contributed by atoms with E-state index in [1.54, 1.807) is 7.11 Å². The molecular weight excluding hydrogens is 344 g/mol. The lowest BCUT2D eigenvalue weighted by atomic mass is 9.79. The molecule has 1 aliphatic carbocycles. The van der Waals surface area contributed by atoms with Crippen LogP contribution in [-0.4, -0.2) is 57.9 Å². The Hall–Kier alpha value is -1.05. The van der Waals surface area contributed by atoms with Gasteiger partial charge in [-0.05, 0) is 38.8 Å². The third-order valence-corrected chi connectivity index (χ3v) is 5.13. The predicted molar refractivity (Wildman–Crippen MR) is 100 cm³/mol. The molecule has 1 heterocycles. The van der Waals surface area contributed by atoms with Gasteiger partial charge in [0.05, 0.1) is 13.2 Å². The van der Waals surface area contributed by atoms with Crippen molar-refractivity contribution in [2.75, 3.05) is 39.9 Å². The van der Waals surface area contributed by atoms with E-state index in [0.717, 1.165) is 38.8 Å². The number of piperidine rings is 1. The van der Waals surface area contributed by atoms with Gasteiger partial charge in [0.25, 0.3) is 0 Å². The highest BCUT2D eigenvalue weighted by Crippen LogP contribution is 2.28. The van der Waals surface area contributed by atoms with Gasteiger partial charge in [0.2, 0.25) is 5.91 Å². The Morgan fingerprint density at radius 3 is 2.44 bits per heavy atom. The Labute approximate surface area is 156 Å². The molecule has 0 aromatic rings. The van der Waals surface area contributed by atoms with E-state index in [9.17, 15) is 9.59 Å². The molecule has 1 saturated carbocycles. The molecule has 0 spiro atoms. The maximum absolute atomic E-state index is 12.0. The van der Waals surface area contributed by atoms with Crippen molar-refractivity contribution >= 4 is 24.3 Å². The zero-order valence-corrected chi connectivity index (χ0v) is 16.0. The standard InChI is InChI=1S/C17H32N4O3.ClH/c1-24-13-17(7-9-18-10-8-17)12-20-15(22)11-19-16(23)21-14-5-3-2-4-6-14;/h14,18H,2-13H2,1H3,(H,20,22)(H2,19,21,23);1H. The van der Waals surface area contributed by atoms with Gasteiger partial charge in [-0.2, -0.15) is 0 Å². The fourth-order valence-electron chi connectivity index (χ4n) is 3.63. The highest BCUT2D eigenvalue weighted by atomic mass is 35.5. The summed E-state index contributed by atoms with van der Waals surface area (Å²) in [6.07, 6.45) is 7.62. The van der Waals surface area contributed by atoms with E-state index in [-0.39, 0.29) is 42.3 Å². The smallest absolute Gasteiger partial charge is 0.315 e. The van der Waals surface area contributed by atoms with Crippen LogP contribution >= 0.6 is 12.4 Å². The summed E-state index contributed by atoms with van der Waals surface area (Å²) in [6.45, 7) is 3.14. The van der Waals surface area contributed by atoms with Crippen molar-refractivity contribution in [3.05, 3.63) is 0 Å². The molecular formula is C17H33ClN4O3. The maximum Gasteiger partial charge on any atom is 0.315 e. The van der Waals surface area contributed by atoms with Gasteiger partial charge in [-0.15, -0.1) is 12.4 Å². The minimum atomic E-state index is -0.245. The number of ether oxygens (including phenoxy) is 1. The number of rotatable bonds is 7. The van der Waals surface area contributed by atoms with E-state index in [0.29, 0.717) is 13.2 Å². The number of nitrogens with one attached hydrogen (secondary N) is 4. The summed E-state index contributed by atoms with van der Waals surface area (Å²) in [7, 11) is 1.70. The third kappa shape index (κ3) is 7.79. The Morgan fingerprint density at radius 1 is 1.12 bits per heavy atom. The lowest BCUT2D eigenvalue weighted by molar-refractivity contribution is -0.121. The molecule has 0 radical (unpaired) electrons. The molecule has 4 N–H and O–H groups in total. The first-order valence-electron chi connectivity index (χ1n) is 9.14. The van der Waals surface area contributed by atoms with Crippen LogP contribution in [-0.2, 0) is 9.53 Å². The molecule has 0 unspecified atom stereocenters. The second-order valence-corrected chi connectivity index (χ2v) is 7.12. The van der Waals surface area contributed by atoms with Gasteiger partial charge in [-0.25, -0.2) is 4.79 Å². The Balaban J connectivity index is 0.00000312. The van der Waals surface area contributed by atoms with Gasteiger partial charge in [0.15, 0.2) is 0 Å². The monoisotopic (exact) mass is 376 g/mol. The average molecular weight is 377 g/mol. The Morgan fingerprint density at radius 2 is 1.80 bits per heavy atom. The van der Waals surface area contributed by atoms with Crippen molar-refractivity contribution in [3.63, 3.8) is 0 Å². The first-order chi connectivity index (χ1) is 11.6. The highest BCUT2D eigenvalue weighted by Gasteiger charge is 2.32. The fourth-order valence-corrected chi connectivity index (χ4v) is 3.63. The van der Waals surface area contributed by atoms with Crippen LogP contribution < -0.4 is 21.3 Å². The number of carbonyl (C=O) groups excluding carboxylic acids is 2. The predicted octanol–water partition coefficient (Wildman–Crippen LogP) is 1.17. The fraction of sp³-hybridized carbons (Fsp3) is 0.882. The zero-order valence-electron chi connectivity index (χ0n) is 15.2. The molecule has 146 valence electrons. The van der Waals surface area contributed by atoms with E-state index in [4.69, 9.17) is 4.74 Å². The summed E-state index contributed by atoms with van der Waals surface area (Å²) in [5, 5.41) is 11.9. The van der Waals surface area contributed by atoms with Crippen molar-refractivity contribution in [3.8, 4) is 0 Å². The molecule has 0 aromatic carbocycles. The molecule has 7 nitrogen and oxygen atoms in total. The van der Waals surface area contributed by atoms with Crippen molar-refractivity contribution in [1.82, 2.24) is 21.3 Å². The molecule has 1 saturated heterocycles. The number of hydrogen-bond acceptors (Lipinski definition) is 4. The number of urea groups is 1. The van der Waals surface area contributed by atoms with Crippen molar-refractivity contribution in [1.29, 1.82) is 0 Å². The normalized spacial score (nSPS) is 20.2. The summed E-state index contributed by atoms with van der Waals surface area (Å²) >= 11 is 0. The zero-order chi connectivity index (χ0) is 17.3. The molecule has 0 bridgehead atoms. The highest BCUT2D eigenvalue weighted by molar-refractivity contribution is 5.85. The minimum absolute atomic E-state index is 0. The van der Waals surface area contributed by atoms with Crippen LogP contribution in [0.5, 0.6) is 0 Å². The maximum atomic E-state index is 12.0. The lowest BCUT2D eigenvalue weighted by Gasteiger charge is -2.37. The number of halogens is 1. The van der Waals surface area contributed by atoms with Crippen LogP contribution in [0.3, 0.4) is 0 Å². The summed E-state index contributed by atoms with van der Waals surface area (Å²) in [4.78, 5) is 23.9. The van der Waals surface area contributed by atoms with Gasteiger partial charge < -0.3 is 26.0 Å². The average Bonchev–Trinajstić information content (AvgIpc) is 2.60. The second-order valence-electron chi connectivity index (χ2n) is 7.12. The van der Waals surface area contributed by atoms with E-state index in [1.807, 2.05) is 0 Å². The van der Waals surface area contributed by atoms with Crippen LogP contribution in [0.2, 0.25) is 0 Å². The molecule has 2 rings (SSSR count). The molecule has 0 aromatic heterocycles. The largest absolute Gasteiger partial charge is 0.384 e. The first kappa shape index (κ1) is 22.0. The minimum Gasteiger partial charge on any atom is -0.384 e. The van der Waals surface area contributed by atoms with Crippen molar-refractivity contribution < 1.29 is 14.3 Å². The molecule has 2 fully saturated rings. The summed E-state index contributed by atoms with van der Waals surface area (Å²) in [5.41, 5.74) is 0.0000161. The Kier molecular flexibility index (Phi) is 10.2. The van der Waals surface area contributed by atoms with Gasteiger partial charge in [-0.1, -0.05) is 19.3 Å². The number of amides is 3. The van der Waals surface area contributed by atoms with Crippen LogP contribution in [0, 0.1) is 5.41 Å². The molecule has 0 atom stereocenters. The summed E-state index contributed by atoms with van der Waals surface area (Å²) in [6, 6.07) is 0.00652. The number of methoxy groups -OCH3 is 1. The summed E-state index contributed by atoms with van der Waals surface area (Å²) < 4.78 is 5.34. The first-order valence-corrected chi connectivity index (χ1v) is 9.14. The quantitative estimate of drug-likeness (QED) is 0.537. The van der Waals surface area contributed by atoms with Crippen LogP contribution in [0.1, 0.15) is 44.9 Å². The van der Waals surface area contributed by atoms with E-state index >= 15 is 0 Å². The molecule has 25 heavy (non-hydrogen) atoms. The SMILES string of the molecule is COCC1(CNC(=O)CNC(=O)NC2CCCCC2)CCNCC1.Cl.